The molecule has 0 aliphatic rings. The van der Waals surface area contributed by atoms with Gasteiger partial charge in [0.2, 0.25) is 10.0 Å². The Morgan fingerprint density at radius 2 is 1.55 bits per heavy atom. The highest BCUT2D eigenvalue weighted by atomic mass is 32.5. The van der Waals surface area contributed by atoms with E-state index in [0.29, 0.717) is 12.1 Å². The maximum atomic E-state index is 12.8. The summed E-state index contributed by atoms with van der Waals surface area (Å²) in [4.78, 5) is 9.91. The maximum Gasteiger partial charge on any atom is 0.310 e. The Bertz CT molecular complexity index is 1040. The number of halogens is 5. The molecule has 2 aromatic carbocycles. The van der Waals surface area contributed by atoms with Gasteiger partial charge in [0, 0.05) is 19.3 Å². The molecule has 0 radical (unpaired) electrons. The van der Waals surface area contributed by atoms with E-state index in [4.69, 9.17) is 0 Å². The van der Waals surface area contributed by atoms with Gasteiger partial charge < -0.3 is 10.6 Å². The van der Waals surface area contributed by atoms with E-state index in [1.807, 2.05) is 0 Å². The van der Waals surface area contributed by atoms with Crippen LogP contribution < -0.4 is 15.4 Å². The molecule has 6 nitrogen and oxygen atoms in total. The summed E-state index contributed by atoms with van der Waals surface area (Å²) in [5.41, 5.74) is 0.425. The number of amides is 1. The lowest BCUT2D eigenvalue weighted by Crippen LogP contribution is -2.22. The Hall–Kier alpha value is -2.38. The van der Waals surface area contributed by atoms with Crippen molar-refractivity contribution in [2.45, 2.75) is 16.3 Å². The Morgan fingerprint density at radius 3 is 2.03 bits per heavy atom. The third kappa shape index (κ3) is 5.58. The largest absolute Gasteiger partial charge is 0.380 e. The van der Waals surface area contributed by atoms with Crippen molar-refractivity contribution in [3.05, 3.63) is 53.6 Å². The molecule has 2 rings (SSSR count). The molecule has 0 saturated heterocycles. The summed E-state index contributed by atoms with van der Waals surface area (Å²) in [6.07, 6.45) is 0. The zero-order chi connectivity index (χ0) is 22.2. The number of nitrogens with one attached hydrogen (secondary N) is 3. The topological polar surface area (TPSA) is 87.3 Å². The van der Waals surface area contributed by atoms with Gasteiger partial charge in [-0.25, -0.2) is 13.1 Å². The monoisotopic (exact) mass is 459 g/mol. The molecule has 162 valence electrons. The van der Waals surface area contributed by atoms with Crippen LogP contribution in [0.15, 0.2) is 52.3 Å². The number of carbonyl (C=O) groups is 1. The first-order valence-corrected chi connectivity index (χ1v) is 11.4. The van der Waals surface area contributed by atoms with Crippen LogP contribution in [0.4, 0.5) is 25.1 Å². The van der Waals surface area contributed by atoms with Crippen LogP contribution in [0.25, 0.3) is 0 Å². The van der Waals surface area contributed by atoms with Gasteiger partial charge >= 0.3 is 10.2 Å². The molecule has 0 aliphatic carbocycles. The molecule has 0 spiro atoms. The lowest BCUT2D eigenvalue weighted by molar-refractivity contribution is 0.0963. The second kappa shape index (κ2) is 6.85. The molecule has 0 fully saturated rings. The van der Waals surface area contributed by atoms with Gasteiger partial charge in [0.05, 0.1) is 10.5 Å². The number of anilines is 1. The number of carbonyl (C=O) groups excluding carboxylic acids is 1. The smallest absolute Gasteiger partial charge is 0.310 e. The lowest BCUT2D eigenvalue weighted by Gasteiger charge is -2.40. The molecule has 0 aromatic heterocycles. The van der Waals surface area contributed by atoms with E-state index < -0.39 is 31.0 Å². The fraction of sp³-hybridized carbons (Fsp3) is 0.188. The normalized spacial score (nSPS) is 14.6. The molecule has 0 heterocycles. The molecule has 3 N–H and O–H groups in total. The van der Waals surface area contributed by atoms with E-state index in [1.54, 1.807) is 0 Å². The maximum absolute atomic E-state index is 12.8. The molecular weight excluding hydrogens is 441 g/mol. The van der Waals surface area contributed by atoms with Crippen LogP contribution in [0.1, 0.15) is 15.9 Å². The van der Waals surface area contributed by atoms with Crippen molar-refractivity contribution in [2.24, 2.45) is 0 Å². The highest BCUT2D eigenvalue weighted by molar-refractivity contribution is 8.45. The van der Waals surface area contributed by atoms with E-state index in [2.05, 4.69) is 15.4 Å². The van der Waals surface area contributed by atoms with Crippen molar-refractivity contribution < 1.29 is 32.6 Å². The summed E-state index contributed by atoms with van der Waals surface area (Å²) < 4.78 is 89.7. The van der Waals surface area contributed by atoms with Gasteiger partial charge in [-0.05, 0) is 42.9 Å². The molecule has 1 amide bonds. The summed E-state index contributed by atoms with van der Waals surface area (Å²) in [5, 5.41) is 5.13. The minimum atomic E-state index is -9.74. The quantitative estimate of drug-likeness (QED) is 0.541. The van der Waals surface area contributed by atoms with Crippen molar-refractivity contribution in [3.8, 4) is 0 Å². The lowest BCUT2D eigenvalue weighted by atomic mass is 10.1. The van der Waals surface area contributed by atoms with Crippen LogP contribution in [-0.2, 0) is 16.6 Å². The first-order valence-electron chi connectivity index (χ1n) is 7.94. The minimum Gasteiger partial charge on any atom is -0.380 e. The molecular formula is C16H18F5N3O3S2. The number of sulfonamides is 1. The minimum absolute atomic E-state index is 0.0209. The van der Waals surface area contributed by atoms with Crippen molar-refractivity contribution >= 4 is 31.8 Å². The zero-order valence-corrected chi connectivity index (χ0v) is 16.8. The average molecular weight is 459 g/mol. The summed E-state index contributed by atoms with van der Waals surface area (Å²) in [5.74, 6) is -0.600. The molecule has 0 aliphatic heterocycles. The third-order valence-electron chi connectivity index (χ3n) is 3.89. The van der Waals surface area contributed by atoms with Gasteiger partial charge in [-0.2, -0.15) is 0 Å². The van der Waals surface area contributed by atoms with E-state index in [-0.39, 0.29) is 28.3 Å². The van der Waals surface area contributed by atoms with Gasteiger partial charge in [-0.1, -0.05) is 31.6 Å². The average Bonchev–Trinajstić information content (AvgIpc) is 2.64. The van der Waals surface area contributed by atoms with Crippen LogP contribution in [0.3, 0.4) is 0 Å². The summed E-state index contributed by atoms with van der Waals surface area (Å²) in [7, 11) is -11.0. The van der Waals surface area contributed by atoms with Gasteiger partial charge in [0.25, 0.3) is 5.91 Å². The predicted octanol–water partition coefficient (Wildman–Crippen LogP) is 4.22. The van der Waals surface area contributed by atoms with Crippen LogP contribution in [0.2, 0.25) is 0 Å². The fourth-order valence-electron chi connectivity index (χ4n) is 2.35. The van der Waals surface area contributed by atoms with E-state index >= 15 is 0 Å². The van der Waals surface area contributed by atoms with Gasteiger partial charge in [-0.15, -0.1) is 0 Å². The molecule has 13 heteroatoms. The highest BCUT2D eigenvalue weighted by Crippen LogP contribution is 3.02. The third-order valence-corrected chi connectivity index (χ3v) is 6.47. The Kier molecular flexibility index (Phi) is 5.41. The van der Waals surface area contributed by atoms with Crippen molar-refractivity contribution in [3.63, 3.8) is 0 Å². The van der Waals surface area contributed by atoms with Crippen molar-refractivity contribution in [1.82, 2.24) is 10.0 Å². The van der Waals surface area contributed by atoms with Crippen LogP contribution in [0, 0.1) is 0 Å². The van der Waals surface area contributed by atoms with E-state index in [0.717, 1.165) is 18.2 Å². The van der Waals surface area contributed by atoms with Gasteiger partial charge in [-0.3, -0.25) is 4.79 Å². The standard InChI is InChI=1S/C16H18F5N3O3S2/c1-22-16(25)14-9-12(28(26,27)23-2)5-8-15(14)24-10-11-3-6-13(7-4-11)29(17,18,19,20)21/h3-9,23-24H,10H2,1-2H3,(H,22,25). The van der Waals surface area contributed by atoms with Crippen LogP contribution in [0.5, 0.6) is 0 Å². The Balaban J connectivity index is 2.30. The molecule has 2 aromatic rings. The van der Waals surface area contributed by atoms with Crippen molar-refractivity contribution in [2.75, 3.05) is 19.4 Å². The molecule has 0 bridgehead atoms. The highest BCUT2D eigenvalue weighted by Gasteiger charge is 2.65. The van der Waals surface area contributed by atoms with E-state index in [9.17, 15) is 32.6 Å². The molecule has 0 atom stereocenters. The Morgan fingerprint density at radius 1 is 0.966 bits per heavy atom. The van der Waals surface area contributed by atoms with Gasteiger partial charge in [0.1, 0.15) is 4.90 Å². The Labute approximate surface area is 164 Å². The summed E-state index contributed by atoms with van der Waals surface area (Å²) in [6, 6.07) is 6.04. The number of rotatable bonds is 7. The summed E-state index contributed by atoms with van der Waals surface area (Å²) >= 11 is 0. The van der Waals surface area contributed by atoms with Crippen LogP contribution in [-0.4, -0.2) is 28.4 Å². The number of hydrogen-bond donors (Lipinski definition) is 3. The molecule has 0 unspecified atom stereocenters. The first kappa shape index (κ1) is 22.9. The van der Waals surface area contributed by atoms with Crippen LogP contribution >= 0.6 is 10.2 Å². The second-order valence-electron chi connectivity index (χ2n) is 5.96. The number of benzene rings is 2. The van der Waals surface area contributed by atoms with E-state index in [1.165, 1.54) is 26.2 Å². The first-order chi connectivity index (χ1) is 13.1. The predicted molar refractivity (Wildman–Crippen MR) is 101 cm³/mol. The SMILES string of the molecule is CNC(=O)c1cc(S(=O)(=O)NC)ccc1NCc1ccc(S(F)(F)(F)(F)F)cc1. The summed E-state index contributed by atoms with van der Waals surface area (Å²) in [6.45, 7) is -0.0945. The van der Waals surface area contributed by atoms with Crippen molar-refractivity contribution in [1.29, 1.82) is 0 Å². The second-order valence-corrected chi connectivity index (χ2v) is 10.3. The number of hydrogen-bond acceptors (Lipinski definition) is 4. The van der Waals surface area contributed by atoms with Gasteiger partial charge in [0.15, 0.2) is 0 Å². The molecule has 0 saturated carbocycles. The fourth-order valence-corrected chi connectivity index (χ4v) is 3.75. The zero-order valence-electron chi connectivity index (χ0n) is 15.2. The molecule has 29 heavy (non-hydrogen) atoms.